The summed E-state index contributed by atoms with van der Waals surface area (Å²) >= 11 is 0. The lowest BCUT2D eigenvalue weighted by Crippen LogP contribution is -2.33. The first kappa shape index (κ1) is 22.7. The van der Waals surface area contributed by atoms with Gasteiger partial charge in [0.2, 0.25) is 5.95 Å². The van der Waals surface area contributed by atoms with Gasteiger partial charge in [-0.25, -0.2) is 19.3 Å². The maximum atomic E-state index is 14.8. The number of aliphatic carboxylic acids is 1. The number of nitrogens with one attached hydrogen (secondary N) is 4. The Hall–Kier alpha value is -5.06. The van der Waals surface area contributed by atoms with Crippen LogP contribution in [0.15, 0.2) is 65.5 Å². The first-order valence-electron chi connectivity index (χ1n) is 10.9. The predicted molar refractivity (Wildman–Crippen MR) is 131 cm³/mol. The highest BCUT2D eigenvalue weighted by Crippen LogP contribution is 2.28. The van der Waals surface area contributed by atoms with Gasteiger partial charge in [0.25, 0.3) is 5.56 Å². The van der Waals surface area contributed by atoms with Gasteiger partial charge in [0.1, 0.15) is 12.4 Å². The van der Waals surface area contributed by atoms with Gasteiger partial charge in [0, 0.05) is 17.4 Å². The van der Waals surface area contributed by atoms with Crippen molar-refractivity contribution < 1.29 is 19.1 Å². The van der Waals surface area contributed by atoms with Crippen molar-refractivity contribution in [1.29, 1.82) is 0 Å². The molecule has 0 unspecified atom stereocenters. The van der Waals surface area contributed by atoms with Crippen molar-refractivity contribution in [3.8, 4) is 11.1 Å². The van der Waals surface area contributed by atoms with Gasteiger partial charge in [-0.3, -0.25) is 14.9 Å². The number of hydrogen-bond donors (Lipinski definition) is 5. The zero-order valence-corrected chi connectivity index (χ0v) is 18.6. The number of urea groups is 1. The Morgan fingerprint density at radius 1 is 1.03 bits per heavy atom. The Kier molecular flexibility index (Phi) is 5.87. The second kappa shape index (κ2) is 9.29. The summed E-state index contributed by atoms with van der Waals surface area (Å²) in [4.78, 5) is 41.6. The van der Waals surface area contributed by atoms with Crippen LogP contribution in [0.5, 0.6) is 0 Å². The van der Waals surface area contributed by atoms with Gasteiger partial charge in [0.15, 0.2) is 0 Å². The number of carboxylic acids is 1. The number of amides is 2. The molecular formula is C25H19FN6O4. The molecule has 36 heavy (non-hydrogen) atoms. The number of imidazole rings is 1. The monoisotopic (exact) mass is 486 g/mol. The van der Waals surface area contributed by atoms with E-state index >= 15 is 0 Å². The molecule has 0 spiro atoms. The summed E-state index contributed by atoms with van der Waals surface area (Å²) in [5.41, 5.74) is 3.25. The smallest absolute Gasteiger partial charge is 0.323 e. The second-order valence-electron chi connectivity index (χ2n) is 8.05. The number of nitrogens with zero attached hydrogens (tertiary/aromatic N) is 2. The van der Waals surface area contributed by atoms with Gasteiger partial charge >= 0.3 is 12.0 Å². The number of fused-ring (bicyclic) bond motifs is 2. The Labute approximate surface area is 202 Å². The van der Waals surface area contributed by atoms with Gasteiger partial charge in [0.05, 0.1) is 22.1 Å². The lowest BCUT2D eigenvalue weighted by molar-refractivity contribution is -0.135. The summed E-state index contributed by atoms with van der Waals surface area (Å²) in [6, 6.07) is 16.4. The van der Waals surface area contributed by atoms with Crippen LogP contribution < -0.4 is 16.2 Å². The lowest BCUT2D eigenvalue weighted by atomic mass is 9.98. The molecule has 2 aromatic heterocycles. The molecule has 0 fully saturated rings. The van der Waals surface area contributed by atoms with Crippen molar-refractivity contribution in [3.63, 3.8) is 0 Å². The highest BCUT2D eigenvalue weighted by molar-refractivity contribution is 5.92. The number of halogens is 1. The van der Waals surface area contributed by atoms with Crippen LogP contribution in [0.2, 0.25) is 0 Å². The van der Waals surface area contributed by atoms with Crippen LogP contribution in [-0.4, -0.2) is 43.8 Å². The molecule has 0 aliphatic carbocycles. The van der Waals surface area contributed by atoms with Crippen LogP contribution in [-0.2, 0) is 11.2 Å². The van der Waals surface area contributed by atoms with Gasteiger partial charge in [-0.15, -0.1) is 0 Å². The molecule has 5 aromatic rings. The molecular weight excluding hydrogens is 467 g/mol. The van der Waals surface area contributed by atoms with Crippen molar-refractivity contribution in [3.05, 3.63) is 88.1 Å². The van der Waals surface area contributed by atoms with E-state index < -0.39 is 24.4 Å². The summed E-state index contributed by atoms with van der Waals surface area (Å²) < 4.78 is 14.8. The number of aromatic amines is 2. The van der Waals surface area contributed by atoms with E-state index in [1.807, 2.05) is 12.1 Å². The van der Waals surface area contributed by atoms with Gasteiger partial charge in [-0.05, 0) is 41.5 Å². The highest BCUT2D eigenvalue weighted by Gasteiger charge is 2.13. The number of hydrogen-bond acceptors (Lipinski definition) is 5. The predicted octanol–water partition coefficient (Wildman–Crippen LogP) is 3.40. The fourth-order valence-electron chi connectivity index (χ4n) is 3.95. The lowest BCUT2D eigenvalue weighted by Gasteiger charge is -2.09. The molecule has 0 aliphatic rings. The topological polar surface area (TPSA) is 153 Å². The molecule has 0 radical (unpaired) electrons. The summed E-state index contributed by atoms with van der Waals surface area (Å²) in [7, 11) is 0. The standard InChI is InChI=1S/C25H19FN6O4/c26-18-7-5-13(10-20-15-3-1-2-4-16(15)23(35)32-31-20)9-17(18)14-6-8-19-21(11-14)29-24(28-19)30-25(36)27-12-22(33)34/h1-9,11H,10,12H2,(H,32,35)(H,33,34)(H3,27,28,29,30,36). The van der Waals surface area contributed by atoms with E-state index in [2.05, 4.69) is 30.8 Å². The first-order chi connectivity index (χ1) is 17.4. The van der Waals surface area contributed by atoms with Crippen molar-refractivity contribution in [2.24, 2.45) is 0 Å². The van der Waals surface area contributed by atoms with E-state index in [0.717, 1.165) is 10.9 Å². The third-order valence-corrected chi connectivity index (χ3v) is 5.60. The summed E-state index contributed by atoms with van der Waals surface area (Å²) in [5, 5.41) is 21.2. The number of rotatable bonds is 6. The van der Waals surface area contributed by atoms with E-state index in [0.29, 0.717) is 39.7 Å². The number of carboxylic acid groups (broad SMARTS) is 1. The van der Waals surface area contributed by atoms with E-state index in [4.69, 9.17) is 5.11 Å². The molecule has 11 heteroatoms. The molecule has 5 rings (SSSR count). The van der Waals surface area contributed by atoms with Gasteiger partial charge < -0.3 is 15.4 Å². The highest BCUT2D eigenvalue weighted by atomic mass is 19.1. The minimum Gasteiger partial charge on any atom is -0.480 e. The fourth-order valence-corrected chi connectivity index (χ4v) is 3.95. The van der Waals surface area contributed by atoms with Crippen LogP contribution in [0.25, 0.3) is 32.9 Å². The van der Waals surface area contributed by atoms with Gasteiger partial charge in [-0.1, -0.05) is 30.3 Å². The van der Waals surface area contributed by atoms with E-state index in [9.17, 15) is 18.8 Å². The minimum absolute atomic E-state index is 0.121. The zero-order chi connectivity index (χ0) is 25.2. The number of benzene rings is 3. The minimum atomic E-state index is -1.17. The quantitative estimate of drug-likeness (QED) is 0.248. The molecule has 0 saturated carbocycles. The number of aromatic nitrogens is 4. The van der Waals surface area contributed by atoms with Crippen molar-refractivity contribution in [1.82, 2.24) is 25.5 Å². The van der Waals surface area contributed by atoms with Crippen molar-refractivity contribution in [2.75, 3.05) is 11.9 Å². The Morgan fingerprint density at radius 3 is 2.64 bits per heavy atom. The Morgan fingerprint density at radius 2 is 1.83 bits per heavy atom. The summed E-state index contributed by atoms with van der Waals surface area (Å²) in [6.45, 7) is -0.532. The van der Waals surface area contributed by atoms with Crippen LogP contribution >= 0.6 is 0 Å². The molecule has 2 amide bonds. The van der Waals surface area contributed by atoms with Crippen LogP contribution in [0, 0.1) is 5.82 Å². The number of anilines is 1. The molecule has 0 aliphatic heterocycles. The number of H-pyrrole nitrogens is 2. The molecule has 2 heterocycles. The molecule has 180 valence electrons. The second-order valence-corrected chi connectivity index (χ2v) is 8.05. The van der Waals surface area contributed by atoms with E-state index in [1.54, 1.807) is 42.5 Å². The van der Waals surface area contributed by atoms with Crippen molar-refractivity contribution >= 4 is 39.8 Å². The molecule has 0 saturated heterocycles. The van der Waals surface area contributed by atoms with E-state index in [1.165, 1.54) is 6.07 Å². The summed E-state index contributed by atoms with van der Waals surface area (Å²) in [6.07, 6.45) is 0.385. The van der Waals surface area contributed by atoms with Crippen LogP contribution in [0.3, 0.4) is 0 Å². The van der Waals surface area contributed by atoms with Crippen LogP contribution in [0.4, 0.5) is 15.1 Å². The molecule has 5 N–H and O–H groups in total. The maximum absolute atomic E-state index is 14.8. The largest absolute Gasteiger partial charge is 0.480 e. The third kappa shape index (κ3) is 4.62. The third-order valence-electron chi connectivity index (χ3n) is 5.60. The van der Waals surface area contributed by atoms with Crippen molar-refractivity contribution in [2.45, 2.75) is 6.42 Å². The summed E-state index contributed by atoms with van der Waals surface area (Å²) in [5.74, 6) is -1.47. The molecule has 0 bridgehead atoms. The van der Waals surface area contributed by atoms with Gasteiger partial charge in [-0.2, -0.15) is 5.10 Å². The number of carbonyl (C=O) groups is 2. The number of carbonyl (C=O) groups excluding carboxylic acids is 1. The first-order valence-corrected chi connectivity index (χ1v) is 10.9. The maximum Gasteiger partial charge on any atom is 0.323 e. The Bertz CT molecular complexity index is 1690. The molecule has 0 atom stereocenters. The normalized spacial score (nSPS) is 11.0. The average Bonchev–Trinajstić information content (AvgIpc) is 3.27. The molecule has 3 aromatic carbocycles. The molecule has 10 nitrogen and oxygen atoms in total. The van der Waals surface area contributed by atoms with E-state index in [-0.39, 0.29) is 11.5 Å². The SMILES string of the molecule is O=C(O)CNC(=O)Nc1nc2ccc(-c3cc(Cc4n[nH]c(=O)c5ccccc45)ccc3F)cc2[nH]1. The van der Waals surface area contributed by atoms with Crippen LogP contribution in [0.1, 0.15) is 11.3 Å². The average molecular weight is 486 g/mol. The Balaban J connectivity index is 1.43. The fraction of sp³-hybridized carbons (Fsp3) is 0.0800. The zero-order valence-electron chi connectivity index (χ0n) is 18.6.